The Morgan fingerprint density at radius 3 is 2.89 bits per heavy atom. The van der Waals surface area contributed by atoms with Gasteiger partial charge in [-0.15, -0.1) is 0 Å². The fraction of sp³-hybridized carbons (Fsp3) is 0.533. The molecule has 0 aromatic heterocycles. The molecule has 1 aromatic rings. The molecule has 3 rings (SSSR count). The molecule has 1 aliphatic heterocycles. The van der Waals surface area contributed by atoms with Crippen molar-refractivity contribution < 1.29 is 9.53 Å². The zero-order chi connectivity index (χ0) is 12.5. The van der Waals surface area contributed by atoms with Gasteiger partial charge < -0.3 is 9.64 Å². The summed E-state index contributed by atoms with van der Waals surface area (Å²) in [7, 11) is 1.72. The molecule has 1 atom stereocenters. The maximum Gasteiger partial charge on any atom is 0.223 e. The molecule has 1 aliphatic carbocycles. The van der Waals surface area contributed by atoms with Crippen LogP contribution in [0.15, 0.2) is 18.2 Å². The fourth-order valence-corrected chi connectivity index (χ4v) is 3.30. The van der Waals surface area contributed by atoms with E-state index in [2.05, 4.69) is 11.0 Å². The van der Waals surface area contributed by atoms with Gasteiger partial charge in [-0.25, -0.2) is 0 Å². The van der Waals surface area contributed by atoms with Gasteiger partial charge in [0.15, 0.2) is 0 Å². The van der Waals surface area contributed by atoms with Gasteiger partial charge in [-0.05, 0) is 42.9 Å². The molecule has 0 spiro atoms. The van der Waals surface area contributed by atoms with Crippen molar-refractivity contribution in [2.24, 2.45) is 0 Å². The zero-order valence-electron chi connectivity index (χ0n) is 10.8. The van der Waals surface area contributed by atoms with Crippen LogP contribution in [-0.2, 0) is 11.2 Å². The number of hydrogen-bond donors (Lipinski definition) is 0. The molecule has 1 saturated heterocycles. The molecule has 0 N–H and O–H groups in total. The molecule has 96 valence electrons. The van der Waals surface area contributed by atoms with Crippen LogP contribution in [0.4, 0.5) is 0 Å². The third kappa shape index (κ3) is 1.78. The van der Waals surface area contributed by atoms with Crippen molar-refractivity contribution in [1.29, 1.82) is 0 Å². The van der Waals surface area contributed by atoms with E-state index in [1.54, 1.807) is 7.11 Å². The number of amides is 1. The van der Waals surface area contributed by atoms with Gasteiger partial charge in [-0.1, -0.05) is 12.1 Å². The monoisotopic (exact) mass is 245 g/mol. The van der Waals surface area contributed by atoms with Crippen molar-refractivity contribution in [3.8, 4) is 5.75 Å². The molecule has 2 aliphatic rings. The summed E-state index contributed by atoms with van der Waals surface area (Å²) < 4.78 is 5.45. The van der Waals surface area contributed by atoms with E-state index >= 15 is 0 Å². The van der Waals surface area contributed by atoms with Crippen molar-refractivity contribution in [1.82, 2.24) is 4.90 Å². The molecular weight excluding hydrogens is 226 g/mol. The standard InChI is InChI=1S/C15H19NO2/c1-18-14-8-3-5-11-12(14)6-2-7-13(11)16-10-4-9-15(16)17/h3,5,8,13H,2,4,6-7,9-10H2,1H3/t13-/m1/s1. The number of likely N-dealkylation sites (tertiary alicyclic amines) is 1. The molecule has 0 bridgehead atoms. The van der Waals surface area contributed by atoms with Crippen LogP contribution < -0.4 is 4.74 Å². The number of fused-ring (bicyclic) bond motifs is 1. The van der Waals surface area contributed by atoms with Crippen LogP contribution in [-0.4, -0.2) is 24.5 Å². The van der Waals surface area contributed by atoms with E-state index in [1.165, 1.54) is 11.1 Å². The number of benzene rings is 1. The lowest BCUT2D eigenvalue weighted by molar-refractivity contribution is -0.130. The number of ether oxygens (including phenoxy) is 1. The number of carbonyl (C=O) groups is 1. The van der Waals surface area contributed by atoms with E-state index in [4.69, 9.17) is 4.74 Å². The Bertz CT molecular complexity index is 470. The van der Waals surface area contributed by atoms with Crippen LogP contribution in [0.1, 0.15) is 42.9 Å². The van der Waals surface area contributed by atoms with E-state index < -0.39 is 0 Å². The summed E-state index contributed by atoms with van der Waals surface area (Å²) in [6.45, 7) is 0.917. The Hall–Kier alpha value is -1.51. The molecule has 0 radical (unpaired) electrons. The first-order valence-corrected chi connectivity index (χ1v) is 6.76. The summed E-state index contributed by atoms with van der Waals surface area (Å²) in [5.41, 5.74) is 2.60. The fourth-order valence-electron chi connectivity index (χ4n) is 3.30. The molecule has 18 heavy (non-hydrogen) atoms. The summed E-state index contributed by atoms with van der Waals surface area (Å²) >= 11 is 0. The molecular formula is C15H19NO2. The first-order chi connectivity index (χ1) is 8.81. The van der Waals surface area contributed by atoms with Crippen LogP contribution in [0, 0.1) is 0 Å². The topological polar surface area (TPSA) is 29.5 Å². The summed E-state index contributed by atoms with van der Waals surface area (Å²) in [5, 5.41) is 0. The number of methoxy groups -OCH3 is 1. The van der Waals surface area contributed by atoms with Gasteiger partial charge in [-0.3, -0.25) is 4.79 Å². The second kappa shape index (κ2) is 4.63. The molecule has 3 heteroatoms. The van der Waals surface area contributed by atoms with Crippen LogP contribution in [0.5, 0.6) is 5.75 Å². The highest BCUT2D eigenvalue weighted by molar-refractivity contribution is 5.78. The summed E-state index contributed by atoms with van der Waals surface area (Å²) in [4.78, 5) is 14.0. The highest BCUT2D eigenvalue weighted by Crippen LogP contribution is 2.39. The molecule has 3 nitrogen and oxygen atoms in total. The minimum atomic E-state index is 0.277. The average molecular weight is 245 g/mol. The first kappa shape index (κ1) is 11.6. The Balaban J connectivity index is 1.99. The molecule has 0 unspecified atom stereocenters. The predicted molar refractivity (Wildman–Crippen MR) is 69.6 cm³/mol. The Morgan fingerprint density at radius 1 is 1.28 bits per heavy atom. The van der Waals surface area contributed by atoms with Gasteiger partial charge >= 0.3 is 0 Å². The minimum absolute atomic E-state index is 0.277. The Labute approximate surface area is 108 Å². The lowest BCUT2D eigenvalue weighted by Crippen LogP contribution is -2.32. The highest BCUT2D eigenvalue weighted by Gasteiger charge is 2.32. The van der Waals surface area contributed by atoms with Crippen LogP contribution >= 0.6 is 0 Å². The van der Waals surface area contributed by atoms with Gasteiger partial charge in [0.1, 0.15) is 5.75 Å². The molecule has 1 aromatic carbocycles. The Kier molecular flexibility index (Phi) is 2.98. The van der Waals surface area contributed by atoms with Gasteiger partial charge in [0.2, 0.25) is 5.91 Å². The summed E-state index contributed by atoms with van der Waals surface area (Å²) in [6, 6.07) is 6.50. The summed E-state index contributed by atoms with van der Waals surface area (Å²) in [5.74, 6) is 1.29. The summed E-state index contributed by atoms with van der Waals surface area (Å²) in [6.07, 6.45) is 5.02. The van der Waals surface area contributed by atoms with E-state index in [0.29, 0.717) is 5.91 Å². The SMILES string of the molecule is COc1cccc2c1CCC[C@H]2N1CCCC1=O. The quantitative estimate of drug-likeness (QED) is 0.801. The van der Waals surface area contributed by atoms with E-state index in [-0.39, 0.29) is 6.04 Å². The number of nitrogens with zero attached hydrogens (tertiary/aromatic N) is 1. The van der Waals surface area contributed by atoms with Crippen molar-refractivity contribution >= 4 is 5.91 Å². The van der Waals surface area contributed by atoms with Crippen LogP contribution in [0.3, 0.4) is 0 Å². The Morgan fingerprint density at radius 2 is 2.17 bits per heavy atom. The van der Waals surface area contributed by atoms with Crippen molar-refractivity contribution in [3.05, 3.63) is 29.3 Å². The predicted octanol–water partition coefficient (Wildman–Crippen LogP) is 2.70. The van der Waals surface area contributed by atoms with Gasteiger partial charge in [-0.2, -0.15) is 0 Å². The first-order valence-electron chi connectivity index (χ1n) is 6.76. The molecule has 1 amide bonds. The second-order valence-corrected chi connectivity index (χ2v) is 5.13. The van der Waals surface area contributed by atoms with E-state index in [9.17, 15) is 4.79 Å². The lowest BCUT2D eigenvalue weighted by atomic mass is 9.86. The molecule has 0 saturated carbocycles. The average Bonchev–Trinajstić information content (AvgIpc) is 2.83. The van der Waals surface area contributed by atoms with Crippen LogP contribution in [0.2, 0.25) is 0 Å². The number of hydrogen-bond acceptors (Lipinski definition) is 2. The largest absolute Gasteiger partial charge is 0.496 e. The third-order valence-corrected chi connectivity index (χ3v) is 4.14. The van der Waals surface area contributed by atoms with Crippen molar-refractivity contribution in [3.63, 3.8) is 0 Å². The normalized spacial score (nSPS) is 23.1. The highest BCUT2D eigenvalue weighted by atomic mass is 16.5. The van der Waals surface area contributed by atoms with Gasteiger partial charge in [0.25, 0.3) is 0 Å². The van der Waals surface area contributed by atoms with Gasteiger partial charge in [0.05, 0.1) is 13.2 Å². The van der Waals surface area contributed by atoms with Crippen molar-refractivity contribution in [2.75, 3.05) is 13.7 Å². The molecule has 1 heterocycles. The number of carbonyl (C=O) groups excluding carboxylic acids is 1. The number of rotatable bonds is 2. The maximum absolute atomic E-state index is 11.9. The van der Waals surface area contributed by atoms with Crippen LogP contribution in [0.25, 0.3) is 0 Å². The smallest absolute Gasteiger partial charge is 0.223 e. The minimum Gasteiger partial charge on any atom is -0.496 e. The van der Waals surface area contributed by atoms with E-state index in [1.807, 2.05) is 12.1 Å². The zero-order valence-corrected chi connectivity index (χ0v) is 10.8. The second-order valence-electron chi connectivity index (χ2n) is 5.13. The maximum atomic E-state index is 11.9. The molecule has 1 fully saturated rings. The third-order valence-electron chi connectivity index (χ3n) is 4.14. The lowest BCUT2D eigenvalue weighted by Gasteiger charge is -2.33. The van der Waals surface area contributed by atoms with Crippen molar-refractivity contribution in [2.45, 2.75) is 38.1 Å². The van der Waals surface area contributed by atoms with E-state index in [0.717, 1.165) is 44.4 Å². The van der Waals surface area contributed by atoms with Gasteiger partial charge in [0, 0.05) is 13.0 Å².